The number of aliphatic imine (C=N–C) groups is 1. The van der Waals surface area contributed by atoms with Crippen LogP contribution in [0.4, 0.5) is 0 Å². The van der Waals surface area contributed by atoms with Crippen molar-refractivity contribution in [1.82, 2.24) is 15.4 Å². The van der Waals surface area contributed by atoms with E-state index in [1.54, 1.807) is 6.92 Å². The maximum Gasteiger partial charge on any atom is 0.211 e. The minimum absolute atomic E-state index is 0.00118. The number of benzene rings is 1. The number of hydrogen-bond acceptors (Lipinski definition) is 5. The van der Waals surface area contributed by atoms with Gasteiger partial charge in [-0.3, -0.25) is 4.99 Å². The lowest BCUT2D eigenvalue weighted by atomic mass is 10.1. The first-order valence-electron chi connectivity index (χ1n) is 10.3. The summed E-state index contributed by atoms with van der Waals surface area (Å²) in [6.45, 7) is 12.3. The molecule has 0 amide bonds. The summed E-state index contributed by atoms with van der Waals surface area (Å²) in [5, 5.41) is 6.59. The molecule has 0 heterocycles. The Balaban J connectivity index is 2.73. The van der Waals surface area contributed by atoms with Crippen LogP contribution in [0.1, 0.15) is 52.6 Å². The maximum atomic E-state index is 11.4. The van der Waals surface area contributed by atoms with Gasteiger partial charge in [0.25, 0.3) is 0 Å². The minimum Gasteiger partial charge on any atom is -0.490 e. The molecule has 0 saturated heterocycles. The summed E-state index contributed by atoms with van der Waals surface area (Å²) in [7, 11) is -3.15. The molecule has 29 heavy (non-hydrogen) atoms. The van der Waals surface area contributed by atoms with E-state index in [9.17, 15) is 8.42 Å². The summed E-state index contributed by atoms with van der Waals surface area (Å²) in [6, 6.07) is 5.91. The van der Waals surface area contributed by atoms with Crippen LogP contribution in [0, 0.1) is 0 Å². The van der Waals surface area contributed by atoms with E-state index < -0.39 is 10.0 Å². The van der Waals surface area contributed by atoms with E-state index in [2.05, 4.69) is 20.3 Å². The third kappa shape index (κ3) is 9.36. The van der Waals surface area contributed by atoms with Gasteiger partial charge in [0.05, 0.1) is 25.0 Å². The molecule has 0 aliphatic rings. The topological polar surface area (TPSA) is 101 Å². The smallest absolute Gasteiger partial charge is 0.211 e. The number of nitrogens with one attached hydrogen (secondary N) is 3. The van der Waals surface area contributed by atoms with Crippen molar-refractivity contribution in [2.24, 2.45) is 4.99 Å². The number of hydrogen-bond donors (Lipinski definition) is 3. The van der Waals surface area contributed by atoms with Crippen LogP contribution in [0.25, 0.3) is 0 Å². The lowest BCUT2D eigenvalue weighted by Crippen LogP contribution is -2.39. The van der Waals surface area contributed by atoms with Crippen LogP contribution in [-0.2, 0) is 10.0 Å². The Labute approximate surface area is 175 Å². The van der Waals surface area contributed by atoms with Crippen LogP contribution in [-0.4, -0.2) is 53.0 Å². The number of ether oxygens (including phenoxy) is 2. The van der Waals surface area contributed by atoms with Gasteiger partial charge in [0.15, 0.2) is 17.5 Å². The molecular formula is C20H36N4O4S. The van der Waals surface area contributed by atoms with Gasteiger partial charge < -0.3 is 20.1 Å². The number of rotatable bonds is 13. The number of guanidine groups is 1. The largest absolute Gasteiger partial charge is 0.490 e. The van der Waals surface area contributed by atoms with Gasteiger partial charge in [-0.05, 0) is 58.7 Å². The lowest BCUT2D eigenvalue weighted by molar-refractivity contribution is 0.287. The van der Waals surface area contributed by atoms with Crippen molar-refractivity contribution in [2.45, 2.75) is 47.1 Å². The van der Waals surface area contributed by atoms with Crippen molar-refractivity contribution in [1.29, 1.82) is 0 Å². The third-order valence-corrected chi connectivity index (χ3v) is 5.48. The van der Waals surface area contributed by atoms with Crippen LogP contribution in [0.5, 0.6) is 11.5 Å². The molecule has 8 nitrogen and oxygen atoms in total. The first kappa shape index (κ1) is 25.0. The molecule has 1 unspecified atom stereocenters. The van der Waals surface area contributed by atoms with Crippen LogP contribution in [0.2, 0.25) is 0 Å². The van der Waals surface area contributed by atoms with Crippen molar-refractivity contribution < 1.29 is 17.9 Å². The van der Waals surface area contributed by atoms with Gasteiger partial charge in [-0.25, -0.2) is 13.1 Å². The standard InChI is InChI=1S/C20H36N4O4S/c1-6-21-20(22-13-10-14-23-29(25,26)9-4)24-16(5)17-11-12-18(27-7-2)19(15-17)28-8-3/h11-12,15-16,23H,6-10,13-14H2,1-5H3,(H2,21,22,24). The maximum absolute atomic E-state index is 11.4. The summed E-state index contributed by atoms with van der Waals surface area (Å²) in [5.41, 5.74) is 1.05. The highest BCUT2D eigenvalue weighted by atomic mass is 32.2. The molecule has 1 rings (SSSR count). The molecular weight excluding hydrogens is 392 g/mol. The Kier molecular flexibility index (Phi) is 11.5. The summed E-state index contributed by atoms with van der Waals surface area (Å²) < 4.78 is 36.8. The van der Waals surface area contributed by atoms with E-state index in [0.29, 0.717) is 38.7 Å². The molecule has 0 aromatic heterocycles. The van der Waals surface area contributed by atoms with Crippen molar-refractivity contribution in [2.75, 3.05) is 38.6 Å². The Morgan fingerprint density at radius 3 is 2.41 bits per heavy atom. The zero-order valence-corrected chi connectivity index (χ0v) is 19.1. The second-order valence-electron chi connectivity index (χ2n) is 6.35. The van der Waals surface area contributed by atoms with Crippen LogP contribution in [0.15, 0.2) is 23.2 Å². The fraction of sp³-hybridized carbons (Fsp3) is 0.650. The van der Waals surface area contributed by atoms with Gasteiger partial charge in [-0.2, -0.15) is 0 Å². The minimum atomic E-state index is -3.15. The van der Waals surface area contributed by atoms with E-state index in [4.69, 9.17) is 9.47 Å². The fourth-order valence-corrected chi connectivity index (χ4v) is 3.20. The van der Waals surface area contributed by atoms with E-state index >= 15 is 0 Å². The van der Waals surface area contributed by atoms with Crippen molar-refractivity contribution in [3.8, 4) is 11.5 Å². The molecule has 9 heteroatoms. The molecule has 0 aliphatic carbocycles. The molecule has 166 valence electrons. The van der Waals surface area contributed by atoms with Gasteiger partial charge in [-0.15, -0.1) is 0 Å². The van der Waals surface area contributed by atoms with Gasteiger partial charge in [0, 0.05) is 19.6 Å². The Morgan fingerprint density at radius 2 is 1.79 bits per heavy atom. The summed E-state index contributed by atoms with van der Waals surface area (Å²) in [6.07, 6.45) is 0.627. The summed E-state index contributed by atoms with van der Waals surface area (Å²) in [5.74, 6) is 2.24. The zero-order valence-electron chi connectivity index (χ0n) is 18.2. The highest BCUT2D eigenvalue weighted by molar-refractivity contribution is 7.89. The van der Waals surface area contributed by atoms with E-state index in [0.717, 1.165) is 23.6 Å². The van der Waals surface area contributed by atoms with Crippen LogP contribution >= 0.6 is 0 Å². The second kappa shape index (κ2) is 13.3. The molecule has 0 aliphatic heterocycles. The number of sulfonamides is 1. The molecule has 3 N–H and O–H groups in total. The molecule has 0 spiro atoms. The van der Waals surface area contributed by atoms with Crippen LogP contribution < -0.4 is 24.8 Å². The highest BCUT2D eigenvalue weighted by Gasteiger charge is 2.12. The Hall–Kier alpha value is -2.00. The van der Waals surface area contributed by atoms with Gasteiger partial charge in [0.2, 0.25) is 10.0 Å². The normalized spacial score (nSPS) is 13.1. The second-order valence-corrected chi connectivity index (χ2v) is 8.45. The van der Waals surface area contributed by atoms with Crippen molar-refractivity contribution >= 4 is 16.0 Å². The van der Waals surface area contributed by atoms with Gasteiger partial charge in [0.1, 0.15) is 0 Å². The van der Waals surface area contributed by atoms with E-state index in [-0.39, 0.29) is 11.8 Å². The van der Waals surface area contributed by atoms with Crippen molar-refractivity contribution in [3.05, 3.63) is 23.8 Å². The third-order valence-electron chi connectivity index (χ3n) is 4.07. The quantitative estimate of drug-likeness (QED) is 0.253. The lowest BCUT2D eigenvalue weighted by Gasteiger charge is -2.20. The fourth-order valence-electron chi connectivity index (χ4n) is 2.55. The predicted molar refractivity (Wildman–Crippen MR) is 118 cm³/mol. The summed E-state index contributed by atoms with van der Waals surface area (Å²) >= 11 is 0. The molecule has 1 atom stereocenters. The first-order valence-corrected chi connectivity index (χ1v) is 11.9. The monoisotopic (exact) mass is 428 g/mol. The average Bonchev–Trinajstić information content (AvgIpc) is 2.69. The van der Waals surface area contributed by atoms with E-state index in [1.165, 1.54) is 0 Å². The zero-order chi connectivity index (χ0) is 21.7. The van der Waals surface area contributed by atoms with Gasteiger partial charge >= 0.3 is 0 Å². The van der Waals surface area contributed by atoms with Gasteiger partial charge in [-0.1, -0.05) is 6.07 Å². The van der Waals surface area contributed by atoms with Crippen LogP contribution in [0.3, 0.4) is 0 Å². The summed E-state index contributed by atoms with van der Waals surface area (Å²) in [4.78, 5) is 4.53. The number of nitrogens with zero attached hydrogens (tertiary/aromatic N) is 1. The molecule has 1 aromatic carbocycles. The van der Waals surface area contributed by atoms with E-state index in [1.807, 2.05) is 45.9 Å². The first-order chi connectivity index (χ1) is 13.9. The highest BCUT2D eigenvalue weighted by Crippen LogP contribution is 2.30. The Morgan fingerprint density at radius 1 is 1.10 bits per heavy atom. The molecule has 0 radical (unpaired) electrons. The molecule has 0 saturated carbocycles. The molecule has 0 fully saturated rings. The molecule has 0 bridgehead atoms. The SMILES string of the molecule is CCNC(=NCCCNS(=O)(=O)CC)NC(C)c1ccc(OCC)c(OCC)c1. The van der Waals surface area contributed by atoms with Crippen molar-refractivity contribution in [3.63, 3.8) is 0 Å². The molecule has 1 aromatic rings. The Bertz CT molecular complexity index is 738. The average molecular weight is 429 g/mol. The predicted octanol–water partition coefficient (Wildman–Crippen LogP) is 2.43.